The average molecular weight is 372 g/mol. The Labute approximate surface area is 153 Å². The number of methoxy groups -OCH3 is 1. The van der Waals surface area contributed by atoms with Crippen LogP contribution in [0.4, 0.5) is 5.69 Å². The molecule has 0 bridgehead atoms. The number of benzene rings is 2. The summed E-state index contributed by atoms with van der Waals surface area (Å²) in [6.45, 7) is 0. The van der Waals surface area contributed by atoms with E-state index in [1.165, 1.54) is 7.11 Å². The highest BCUT2D eigenvalue weighted by Gasteiger charge is 2.22. The number of H-pyrrole nitrogens is 1. The molecule has 0 radical (unpaired) electrons. The van der Waals surface area contributed by atoms with Gasteiger partial charge in [-0.2, -0.15) is 5.10 Å². The van der Waals surface area contributed by atoms with E-state index in [9.17, 15) is 14.7 Å². The van der Waals surface area contributed by atoms with Gasteiger partial charge in [-0.05, 0) is 30.3 Å². The van der Waals surface area contributed by atoms with E-state index in [0.717, 1.165) is 0 Å². The molecule has 0 atom stereocenters. The van der Waals surface area contributed by atoms with Crippen molar-refractivity contribution in [2.24, 2.45) is 0 Å². The number of amides is 1. The average Bonchev–Trinajstić information content (AvgIpc) is 3.06. The molecular weight excluding hydrogens is 358 g/mol. The Morgan fingerprint density at radius 2 is 1.92 bits per heavy atom. The van der Waals surface area contributed by atoms with Gasteiger partial charge in [0.15, 0.2) is 5.69 Å². The molecule has 0 aliphatic carbocycles. The molecule has 0 spiro atoms. The van der Waals surface area contributed by atoms with Crippen LogP contribution in [0.15, 0.2) is 48.5 Å². The molecule has 0 saturated carbocycles. The molecule has 26 heavy (non-hydrogen) atoms. The Balaban J connectivity index is 1.99. The number of nitrogens with zero attached hydrogens (tertiary/aromatic N) is 1. The lowest BCUT2D eigenvalue weighted by atomic mass is 10.1. The Morgan fingerprint density at radius 1 is 1.19 bits per heavy atom. The van der Waals surface area contributed by atoms with Gasteiger partial charge in [0.1, 0.15) is 17.1 Å². The number of carbonyl (C=O) groups excluding carboxylic acids is 1. The van der Waals surface area contributed by atoms with Gasteiger partial charge in [-0.15, -0.1) is 0 Å². The molecule has 8 heteroatoms. The number of hydrogen-bond donors (Lipinski definition) is 3. The van der Waals surface area contributed by atoms with Crippen molar-refractivity contribution in [1.29, 1.82) is 0 Å². The Morgan fingerprint density at radius 3 is 2.58 bits per heavy atom. The number of carbonyl (C=O) groups is 2. The smallest absolute Gasteiger partial charge is 0.356 e. The van der Waals surface area contributed by atoms with Crippen molar-refractivity contribution in [3.8, 4) is 17.0 Å². The molecule has 1 amide bonds. The number of halogens is 1. The van der Waals surface area contributed by atoms with Crippen LogP contribution < -0.4 is 10.1 Å². The van der Waals surface area contributed by atoms with Crippen LogP contribution in [0.3, 0.4) is 0 Å². The number of nitrogens with one attached hydrogen (secondary N) is 2. The summed E-state index contributed by atoms with van der Waals surface area (Å²) in [6.07, 6.45) is 0. The SMILES string of the molecule is COc1cccc(C(=O)Nc2c(-c3ccc(Cl)cc3)n[nH]c2C(=O)O)c1. The normalized spacial score (nSPS) is 10.4. The monoisotopic (exact) mass is 371 g/mol. The predicted molar refractivity (Wildman–Crippen MR) is 96.9 cm³/mol. The Kier molecular flexibility index (Phi) is 4.90. The zero-order valence-corrected chi connectivity index (χ0v) is 14.4. The molecule has 0 fully saturated rings. The number of aromatic carboxylic acids is 1. The highest BCUT2D eigenvalue weighted by atomic mass is 35.5. The topological polar surface area (TPSA) is 104 Å². The lowest BCUT2D eigenvalue weighted by Gasteiger charge is -2.08. The molecule has 3 rings (SSSR count). The maximum atomic E-state index is 12.6. The van der Waals surface area contributed by atoms with Crippen molar-refractivity contribution in [2.75, 3.05) is 12.4 Å². The van der Waals surface area contributed by atoms with Crippen LogP contribution in [-0.4, -0.2) is 34.3 Å². The number of rotatable bonds is 5. The third-order valence-corrected chi connectivity index (χ3v) is 3.92. The number of aromatic nitrogens is 2. The van der Waals surface area contributed by atoms with Gasteiger partial charge < -0.3 is 15.2 Å². The maximum Gasteiger partial charge on any atom is 0.356 e. The van der Waals surface area contributed by atoms with Crippen LogP contribution >= 0.6 is 11.6 Å². The van der Waals surface area contributed by atoms with Gasteiger partial charge >= 0.3 is 5.97 Å². The van der Waals surface area contributed by atoms with Crippen molar-refractivity contribution in [3.05, 3.63) is 64.8 Å². The second kappa shape index (κ2) is 7.28. The van der Waals surface area contributed by atoms with E-state index in [1.807, 2.05) is 0 Å². The van der Waals surface area contributed by atoms with Gasteiger partial charge in [-0.25, -0.2) is 4.79 Å². The first kappa shape index (κ1) is 17.5. The molecular formula is C18H14ClN3O4. The molecule has 0 aliphatic heterocycles. The quantitative estimate of drug-likeness (QED) is 0.634. The molecule has 3 N–H and O–H groups in total. The number of hydrogen-bond acceptors (Lipinski definition) is 4. The molecule has 0 saturated heterocycles. The van der Waals surface area contributed by atoms with Crippen LogP contribution in [0.5, 0.6) is 5.75 Å². The first-order chi connectivity index (χ1) is 12.5. The third kappa shape index (κ3) is 3.52. The number of ether oxygens (including phenoxy) is 1. The third-order valence-electron chi connectivity index (χ3n) is 3.67. The van der Waals surface area contributed by atoms with E-state index in [2.05, 4.69) is 15.5 Å². The van der Waals surface area contributed by atoms with Gasteiger partial charge in [0.2, 0.25) is 0 Å². The lowest BCUT2D eigenvalue weighted by Crippen LogP contribution is -2.14. The number of carboxylic acid groups (broad SMARTS) is 1. The molecule has 0 unspecified atom stereocenters. The lowest BCUT2D eigenvalue weighted by molar-refractivity contribution is 0.0691. The summed E-state index contributed by atoms with van der Waals surface area (Å²) in [5.41, 5.74) is 1.09. The first-order valence-electron chi connectivity index (χ1n) is 7.52. The van der Waals surface area contributed by atoms with E-state index in [4.69, 9.17) is 16.3 Å². The van der Waals surface area contributed by atoms with Crippen LogP contribution in [0, 0.1) is 0 Å². The van der Waals surface area contributed by atoms with Crippen molar-refractivity contribution in [2.45, 2.75) is 0 Å². The van der Waals surface area contributed by atoms with Crippen molar-refractivity contribution in [1.82, 2.24) is 10.2 Å². The molecule has 0 aliphatic rings. The molecule has 1 aromatic heterocycles. The molecule has 132 valence electrons. The summed E-state index contributed by atoms with van der Waals surface area (Å²) in [5.74, 6) is -1.21. The van der Waals surface area contributed by atoms with Gasteiger partial charge in [0, 0.05) is 16.1 Å². The van der Waals surface area contributed by atoms with Crippen LogP contribution in [0.2, 0.25) is 5.02 Å². The minimum absolute atomic E-state index is 0.0765. The first-order valence-corrected chi connectivity index (χ1v) is 7.90. The Hall–Kier alpha value is -3.32. The summed E-state index contributed by atoms with van der Waals surface area (Å²) in [6, 6.07) is 13.2. The van der Waals surface area contributed by atoms with Crippen molar-refractivity contribution < 1.29 is 19.4 Å². The van der Waals surface area contributed by atoms with Crippen LogP contribution in [0.1, 0.15) is 20.8 Å². The van der Waals surface area contributed by atoms with Gasteiger partial charge in [-0.1, -0.05) is 29.8 Å². The van der Waals surface area contributed by atoms with Crippen LogP contribution in [0.25, 0.3) is 11.3 Å². The fourth-order valence-electron chi connectivity index (χ4n) is 2.39. The second-order valence-corrected chi connectivity index (χ2v) is 5.76. The number of aromatic amines is 1. The molecule has 7 nitrogen and oxygen atoms in total. The van der Waals surface area contributed by atoms with E-state index >= 15 is 0 Å². The van der Waals surface area contributed by atoms with E-state index in [0.29, 0.717) is 27.6 Å². The standard InChI is InChI=1S/C18H14ClN3O4/c1-26-13-4-2-3-11(9-13)17(23)20-15-14(21-22-16(15)18(24)25)10-5-7-12(19)8-6-10/h2-9H,1H3,(H,20,23)(H,21,22)(H,24,25). The summed E-state index contributed by atoms with van der Waals surface area (Å²) in [5, 5.41) is 19.0. The molecule has 1 heterocycles. The minimum Gasteiger partial charge on any atom is -0.497 e. The van der Waals surface area contributed by atoms with E-state index in [1.54, 1.807) is 48.5 Å². The van der Waals surface area contributed by atoms with Gasteiger partial charge in [0.05, 0.1) is 7.11 Å². The molecule has 2 aromatic carbocycles. The molecule has 3 aromatic rings. The van der Waals surface area contributed by atoms with Crippen molar-refractivity contribution >= 4 is 29.2 Å². The fourth-order valence-corrected chi connectivity index (χ4v) is 2.51. The second-order valence-electron chi connectivity index (χ2n) is 5.32. The zero-order valence-electron chi connectivity index (χ0n) is 13.6. The highest BCUT2D eigenvalue weighted by molar-refractivity contribution is 6.30. The fraction of sp³-hybridized carbons (Fsp3) is 0.0556. The summed E-state index contributed by atoms with van der Waals surface area (Å²) in [4.78, 5) is 24.0. The van der Waals surface area contributed by atoms with Crippen molar-refractivity contribution in [3.63, 3.8) is 0 Å². The van der Waals surface area contributed by atoms with E-state index < -0.39 is 11.9 Å². The number of carboxylic acids is 1. The minimum atomic E-state index is -1.24. The number of anilines is 1. The van der Waals surface area contributed by atoms with Crippen LogP contribution in [-0.2, 0) is 0 Å². The maximum absolute atomic E-state index is 12.6. The van der Waals surface area contributed by atoms with Gasteiger partial charge in [-0.3, -0.25) is 9.89 Å². The predicted octanol–water partition coefficient (Wildman–Crippen LogP) is 3.69. The Bertz CT molecular complexity index is 967. The zero-order chi connectivity index (χ0) is 18.7. The summed E-state index contributed by atoms with van der Waals surface area (Å²) in [7, 11) is 1.49. The largest absolute Gasteiger partial charge is 0.497 e. The summed E-state index contributed by atoms with van der Waals surface area (Å²) >= 11 is 5.88. The summed E-state index contributed by atoms with van der Waals surface area (Å²) < 4.78 is 5.10. The van der Waals surface area contributed by atoms with Gasteiger partial charge in [0.25, 0.3) is 5.91 Å². The van der Waals surface area contributed by atoms with E-state index in [-0.39, 0.29) is 11.4 Å². The highest BCUT2D eigenvalue weighted by Crippen LogP contribution is 2.30.